The van der Waals surface area contributed by atoms with Crippen LogP contribution in [0.1, 0.15) is 5.56 Å². The van der Waals surface area contributed by atoms with E-state index in [-0.39, 0.29) is 23.2 Å². The van der Waals surface area contributed by atoms with Crippen molar-refractivity contribution in [3.63, 3.8) is 0 Å². The lowest BCUT2D eigenvalue weighted by molar-refractivity contribution is -0.118. The molecule has 156 valence electrons. The molecule has 2 heterocycles. The molecule has 10 heteroatoms. The number of hydrazone groups is 1. The number of halogens is 1. The van der Waals surface area contributed by atoms with E-state index in [1.165, 1.54) is 30.7 Å². The molecule has 0 spiro atoms. The number of nitrogens with one attached hydrogen (secondary N) is 1. The van der Waals surface area contributed by atoms with Crippen molar-refractivity contribution in [2.45, 2.75) is 5.16 Å². The fraction of sp³-hybridized carbons (Fsp3) is 0.0476. The number of amides is 1. The highest BCUT2D eigenvalue weighted by atomic mass is 32.2. The SMILES string of the molecule is O=C(CSc1nnc(-c2ccco2)n1-c1ccc(F)cc1)NN=Cc1cccc(O)c1. The Morgan fingerprint density at radius 2 is 2.03 bits per heavy atom. The zero-order valence-corrected chi connectivity index (χ0v) is 16.8. The Bertz CT molecular complexity index is 1210. The highest BCUT2D eigenvalue weighted by molar-refractivity contribution is 7.99. The summed E-state index contributed by atoms with van der Waals surface area (Å²) in [7, 11) is 0. The number of carbonyl (C=O) groups is 1. The van der Waals surface area contributed by atoms with Crippen LogP contribution in [-0.4, -0.2) is 37.7 Å². The number of aromatic nitrogens is 3. The fourth-order valence-electron chi connectivity index (χ4n) is 2.70. The van der Waals surface area contributed by atoms with E-state index in [2.05, 4.69) is 20.7 Å². The zero-order chi connectivity index (χ0) is 21.6. The molecule has 0 aliphatic carbocycles. The van der Waals surface area contributed by atoms with Gasteiger partial charge in [0.05, 0.1) is 23.9 Å². The molecule has 0 fully saturated rings. The normalized spacial score (nSPS) is 11.1. The van der Waals surface area contributed by atoms with Crippen LogP contribution < -0.4 is 5.43 Å². The molecule has 31 heavy (non-hydrogen) atoms. The lowest BCUT2D eigenvalue weighted by Gasteiger charge is -2.09. The summed E-state index contributed by atoms with van der Waals surface area (Å²) < 4.78 is 20.5. The average Bonchev–Trinajstić information content (AvgIpc) is 3.43. The lowest BCUT2D eigenvalue weighted by atomic mass is 10.2. The molecule has 1 amide bonds. The van der Waals surface area contributed by atoms with E-state index in [1.807, 2.05) is 0 Å². The van der Waals surface area contributed by atoms with Crippen LogP contribution in [-0.2, 0) is 4.79 Å². The number of aromatic hydroxyl groups is 1. The Balaban J connectivity index is 1.48. The molecule has 8 nitrogen and oxygen atoms in total. The van der Waals surface area contributed by atoms with E-state index in [1.54, 1.807) is 47.0 Å². The largest absolute Gasteiger partial charge is 0.508 e. The molecular weight excluding hydrogens is 421 g/mol. The minimum atomic E-state index is -0.366. The number of carbonyl (C=O) groups excluding carboxylic acids is 1. The van der Waals surface area contributed by atoms with Gasteiger partial charge in [0.2, 0.25) is 5.82 Å². The fourth-order valence-corrected chi connectivity index (χ4v) is 3.44. The maximum Gasteiger partial charge on any atom is 0.250 e. The van der Waals surface area contributed by atoms with Crippen molar-refractivity contribution in [2.75, 3.05) is 5.75 Å². The van der Waals surface area contributed by atoms with Gasteiger partial charge in [0.1, 0.15) is 11.6 Å². The van der Waals surface area contributed by atoms with Gasteiger partial charge in [0.25, 0.3) is 5.91 Å². The molecule has 0 atom stereocenters. The maximum atomic E-state index is 13.4. The summed E-state index contributed by atoms with van der Waals surface area (Å²) in [5.74, 6) is 0.335. The molecule has 2 aromatic heterocycles. The Morgan fingerprint density at radius 1 is 1.19 bits per heavy atom. The van der Waals surface area contributed by atoms with E-state index in [9.17, 15) is 14.3 Å². The van der Waals surface area contributed by atoms with Gasteiger partial charge in [0, 0.05) is 0 Å². The first-order valence-electron chi connectivity index (χ1n) is 9.09. The van der Waals surface area contributed by atoms with Crippen molar-refractivity contribution in [3.05, 3.63) is 78.3 Å². The summed E-state index contributed by atoms with van der Waals surface area (Å²) in [6.07, 6.45) is 2.95. The number of phenolic OH excluding ortho intramolecular Hbond substituents is 1. The number of benzene rings is 2. The summed E-state index contributed by atoms with van der Waals surface area (Å²) >= 11 is 1.15. The van der Waals surface area contributed by atoms with Crippen molar-refractivity contribution < 1.29 is 18.7 Å². The van der Waals surface area contributed by atoms with Crippen molar-refractivity contribution in [3.8, 4) is 23.0 Å². The number of thioether (sulfide) groups is 1. The summed E-state index contributed by atoms with van der Waals surface area (Å²) in [6, 6.07) is 15.8. The van der Waals surface area contributed by atoms with Gasteiger partial charge in [-0.3, -0.25) is 9.36 Å². The summed E-state index contributed by atoms with van der Waals surface area (Å²) in [5, 5.41) is 22.1. The standard InChI is InChI=1S/C21H16FN5O3S/c22-15-6-8-16(9-7-15)27-20(18-5-2-10-30-18)25-26-21(27)31-13-19(29)24-23-12-14-3-1-4-17(28)11-14/h1-12,28H,13H2,(H,24,29). The number of phenols is 1. The number of nitrogens with zero attached hydrogens (tertiary/aromatic N) is 4. The summed E-state index contributed by atoms with van der Waals surface area (Å²) in [5.41, 5.74) is 3.70. The number of furan rings is 1. The number of rotatable bonds is 7. The van der Waals surface area contributed by atoms with Crippen LogP contribution in [0, 0.1) is 5.82 Å². The van der Waals surface area contributed by atoms with Gasteiger partial charge in [-0.1, -0.05) is 23.9 Å². The second-order valence-corrected chi connectivity index (χ2v) is 7.21. The number of hydrogen-bond acceptors (Lipinski definition) is 7. The highest BCUT2D eigenvalue weighted by Crippen LogP contribution is 2.28. The first-order chi connectivity index (χ1) is 15.1. The first-order valence-corrected chi connectivity index (χ1v) is 10.1. The Kier molecular flexibility index (Phi) is 6.08. The topological polar surface area (TPSA) is 106 Å². The predicted molar refractivity (Wildman–Crippen MR) is 114 cm³/mol. The molecule has 0 bridgehead atoms. The van der Waals surface area contributed by atoms with Crippen LogP contribution in [0.25, 0.3) is 17.3 Å². The van der Waals surface area contributed by atoms with Crippen molar-refractivity contribution in [1.82, 2.24) is 20.2 Å². The van der Waals surface area contributed by atoms with E-state index in [4.69, 9.17) is 4.42 Å². The van der Waals surface area contributed by atoms with Gasteiger partial charge in [-0.25, -0.2) is 9.82 Å². The van der Waals surface area contributed by atoms with Gasteiger partial charge in [-0.15, -0.1) is 10.2 Å². The molecule has 0 saturated heterocycles. The van der Waals surface area contributed by atoms with Gasteiger partial charge in [-0.05, 0) is 54.1 Å². The quantitative estimate of drug-likeness (QED) is 0.260. The smallest absolute Gasteiger partial charge is 0.250 e. The van der Waals surface area contributed by atoms with E-state index >= 15 is 0 Å². The maximum absolute atomic E-state index is 13.4. The van der Waals surface area contributed by atoms with Crippen LogP contribution in [0.2, 0.25) is 0 Å². The van der Waals surface area contributed by atoms with Gasteiger partial charge in [-0.2, -0.15) is 5.10 Å². The van der Waals surface area contributed by atoms with Crippen LogP contribution in [0.3, 0.4) is 0 Å². The summed E-state index contributed by atoms with van der Waals surface area (Å²) in [6.45, 7) is 0. The first kappa shape index (κ1) is 20.4. The second kappa shape index (κ2) is 9.26. The third-order valence-electron chi connectivity index (χ3n) is 4.07. The monoisotopic (exact) mass is 437 g/mol. The van der Waals surface area contributed by atoms with Gasteiger partial charge in [0.15, 0.2) is 10.9 Å². The van der Waals surface area contributed by atoms with Gasteiger partial charge >= 0.3 is 0 Å². The van der Waals surface area contributed by atoms with Crippen molar-refractivity contribution in [1.29, 1.82) is 0 Å². The Labute approximate surface area is 180 Å². The van der Waals surface area contributed by atoms with Gasteiger partial charge < -0.3 is 9.52 Å². The van der Waals surface area contributed by atoms with Crippen LogP contribution in [0.4, 0.5) is 4.39 Å². The molecular formula is C21H16FN5O3S. The third-order valence-corrected chi connectivity index (χ3v) is 4.99. The van der Waals surface area contributed by atoms with E-state index < -0.39 is 0 Å². The van der Waals surface area contributed by atoms with Crippen LogP contribution >= 0.6 is 11.8 Å². The zero-order valence-electron chi connectivity index (χ0n) is 16.0. The third kappa shape index (κ3) is 4.98. The predicted octanol–water partition coefficient (Wildman–Crippen LogP) is 3.61. The average molecular weight is 437 g/mol. The Hall–Kier alpha value is -3.92. The molecule has 0 aliphatic heterocycles. The molecule has 4 rings (SSSR count). The minimum absolute atomic E-state index is 0.0227. The molecule has 0 aliphatic rings. The lowest BCUT2D eigenvalue weighted by Crippen LogP contribution is -2.20. The second-order valence-electron chi connectivity index (χ2n) is 6.27. The van der Waals surface area contributed by atoms with Crippen molar-refractivity contribution in [2.24, 2.45) is 5.10 Å². The number of hydrogen-bond donors (Lipinski definition) is 2. The molecule has 2 N–H and O–H groups in total. The summed E-state index contributed by atoms with van der Waals surface area (Å²) in [4.78, 5) is 12.2. The van der Waals surface area contributed by atoms with Crippen LogP contribution in [0.5, 0.6) is 5.75 Å². The van der Waals surface area contributed by atoms with E-state index in [0.717, 1.165) is 11.8 Å². The molecule has 2 aromatic carbocycles. The highest BCUT2D eigenvalue weighted by Gasteiger charge is 2.19. The molecule has 0 radical (unpaired) electrons. The van der Waals surface area contributed by atoms with Crippen molar-refractivity contribution >= 4 is 23.9 Å². The molecule has 4 aromatic rings. The van der Waals surface area contributed by atoms with Crippen LogP contribution in [0.15, 0.2) is 81.6 Å². The molecule has 0 saturated carbocycles. The molecule has 0 unspecified atom stereocenters. The minimum Gasteiger partial charge on any atom is -0.508 e. The van der Waals surface area contributed by atoms with E-state index in [0.29, 0.717) is 28.0 Å². The Morgan fingerprint density at radius 3 is 2.77 bits per heavy atom.